The predicted octanol–water partition coefficient (Wildman–Crippen LogP) is 1.18. The number of nitrogens with zero attached hydrogens (tertiary/aromatic N) is 1. The van der Waals surface area contributed by atoms with E-state index in [1.54, 1.807) is 0 Å². The number of hydrogen-bond acceptors (Lipinski definition) is 3. The van der Waals surface area contributed by atoms with Crippen LogP contribution in [0.1, 0.15) is 13.3 Å². The molecule has 1 aliphatic rings. The molecule has 2 N–H and O–H groups in total. The van der Waals surface area contributed by atoms with Gasteiger partial charge in [0.1, 0.15) is 7.11 Å². The third-order valence-electron chi connectivity index (χ3n) is 1.68. The molecule has 0 unspecified atom stereocenters. The Bertz CT molecular complexity index is 238. The largest absolute Gasteiger partial charge is 0.399 e. The van der Waals surface area contributed by atoms with Crippen molar-refractivity contribution >= 4 is 5.71 Å². The third kappa shape index (κ3) is 1.61. The van der Waals surface area contributed by atoms with Crippen molar-refractivity contribution < 1.29 is 4.84 Å². The number of hydrogen-bond donors (Lipinski definition) is 1. The molecule has 60 valence electrons. The second-order valence-electron chi connectivity index (χ2n) is 2.41. The minimum absolute atomic E-state index is 0.770. The maximum absolute atomic E-state index is 5.66. The monoisotopic (exact) mass is 152 g/mol. The zero-order valence-corrected chi connectivity index (χ0v) is 6.79. The number of rotatable bonds is 1. The van der Waals surface area contributed by atoms with Gasteiger partial charge in [0.2, 0.25) is 0 Å². The van der Waals surface area contributed by atoms with Crippen LogP contribution in [-0.4, -0.2) is 12.8 Å². The summed E-state index contributed by atoms with van der Waals surface area (Å²) in [6.07, 6.45) is 4.67. The lowest BCUT2D eigenvalue weighted by atomic mass is 10.0. The van der Waals surface area contributed by atoms with E-state index >= 15 is 0 Å². The molecule has 0 aromatic carbocycles. The van der Waals surface area contributed by atoms with E-state index in [0.29, 0.717) is 0 Å². The Kier molecular flexibility index (Phi) is 2.31. The molecule has 11 heavy (non-hydrogen) atoms. The van der Waals surface area contributed by atoms with E-state index in [2.05, 4.69) is 9.99 Å². The van der Waals surface area contributed by atoms with Gasteiger partial charge >= 0.3 is 0 Å². The number of nitrogens with two attached hydrogens (primary N) is 1. The summed E-state index contributed by atoms with van der Waals surface area (Å²) in [7, 11) is 1.54. The molecule has 1 rings (SSSR count). The molecular weight excluding hydrogens is 140 g/mol. The van der Waals surface area contributed by atoms with Gasteiger partial charge in [-0.1, -0.05) is 11.2 Å². The summed E-state index contributed by atoms with van der Waals surface area (Å²) < 4.78 is 0. The SMILES string of the molecule is CO/N=C1\CC=CC(N)=C1C. The zero-order chi connectivity index (χ0) is 8.27. The first-order valence-corrected chi connectivity index (χ1v) is 3.49. The average molecular weight is 152 g/mol. The first-order chi connectivity index (χ1) is 5.25. The van der Waals surface area contributed by atoms with Crippen molar-refractivity contribution in [3.05, 3.63) is 23.4 Å². The highest BCUT2D eigenvalue weighted by Gasteiger charge is 2.08. The Balaban J connectivity index is 2.89. The molecule has 0 spiro atoms. The average Bonchev–Trinajstić information content (AvgIpc) is 1.99. The van der Waals surface area contributed by atoms with Crippen molar-refractivity contribution in [3.8, 4) is 0 Å². The normalized spacial score (nSPS) is 21.1. The van der Waals surface area contributed by atoms with Gasteiger partial charge < -0.3 is 10.6 Å². The maximum atomic E-state index is 5.66. The van der Waals surface area contributed by atoms with Crippen LogP contribution >= 0.6 is 0 Å². The van der Waals surface area contributed by atoms with Crippen LogP contribution in [0.4, 0.5) is 0 Å². The summed E-state index contributed by atoms with van der Waals surface area (Å²) in [5.41, 5.74) is 8.34. The molecule has 1 aliphatic carbocycles. The van der Waals surface area contributed by atoms with E-state index in [9.17, 15) is 0 Å². The second kappa shape index (κ2) is 3.23. The summed E-state index contributed by atoms with van der Waals surface area (Å²) >= 11 is 0. The molecule has 0 heterocycles. The van der Waals surface area contributed by atoms with Crippen LogP contribution in [0, 0.1) is 0 Å². The Labute approximate surface area is 66.2 Å². The molecule has 0 saturated heterocycles. The molecule has 0 atom stereocenters. The van der Waals surface area contributed by atoms with Crippen LogP contribution in [0.25, 0.3) is 0 Å². The van der Waals surface area contributed by atoms with Crippen molar-refractivity contribution in [3.63, 3.8) is 0 Å². The van der Waals surface area contributed by atoms with Crippen molar-refractivity contribution in [1.29, 1.82) is 0 Å². The summed E-state index contributed by atoms with van der Waals surface area (Å²) in [6, 6.07) is 0. The molecule has 0 aliphatic heterocycles. The Morgan fingerprint density at radius 1 is 1.64 bits per heavy atom. The van der Waals surface area contributed by atoms with Crippen molar-refractivity contribution in [1.82, 2.24) is 0 Å². The quantitative estimate of drug-likeness (QED) is 0.573. The van der Waals surface area contributed by atoms with Crippen molar-refractivity contribution in [2.45, 2.75) is 13.3 Å². The van der Waals surface area contributed by atoms with E-state index < -0.39 is 0 Å². The van der Waals surface area contributed by atoms with Gasteiger partial charge in [-0.2, -0.15) is 0 Å². The molecular formula is C8H12N2O. The summed E-state index contributed by atoms with van der Waals surface area (Å²) in [5, 5.41) is 3.84. The molecule has 0 bridgehead atoms. The van der Waals surface area contributed by atoms with Crippen LogP contribution in [0.5, 0.6) is 0 Å². The van der Waals surface area contributed by atoms with E-state index in [1.807, 2.05) is 19.1 Å². The second-order valence-corrected chi connectivity index (χ2v) is 2.41. The van der Waals surface area contributed by atoms with Gasteiger partial charge in [0.05, 0.1) is 5.71 Å². The van der Waals surface area contributed by atoms with Gasteiger partial charge in [-0.05, 0) is 18.6 Å². The summed E-state index contributed by atoms with van der Waals surface area (Å²) in [4.78, 5) is 4.66. The fraction of sp³-hybridized carbons (Fsp3) is 0.375. The van der Waals surface area contributed by atoms with Gasteiger partial charge in [-0.25, -0.2) is 0 Å². The lowest BCUT2D eigenvalue weighted by Gasteiger charge is -2.09. The van der Waals surface area contributed by atoms with Crippen LogP contribution < -0.4 is 5.73 Å². The van der Waals surface area contributed by atoms with E-state index in [0.717, 1.165) is 23.4 Å². The third-order valence-corrected chi connectivity index (χ3v) is 1.68. The predicted molar refractivity (Wildman–Crippen MR) is 45.1 cm³/mol. The fourth-order valence-corrected chi connectivity index (χ4v) is 0.958. The van der Waals surface area contributed by atoms with Gasteiger partial charge in [0, 0.05) is 12.1 Å². The van der Waals surface area contributed by atoms with Crippen molar-refractivity contribution in [2.24, 2.45) is 10.9 Å². The highest BCUT2D eigenvalue weighted by atomic mass is 16.6. The van der Waals surface area contributed by atoms with Gasteiger partial charge in [0.25, 0.3) is 0 Å². The summed E-state index contributed by atoms with van der Waals surface area (Å²) in [6.45, 7) is 1.94. The molecule has 0 fully saturated rings. The van der Waals surface area contributed by atoms with E-state index in [-0.39, 0.29) is 0 Å². The Morgan fingerprint density at radius 2 is 2.36 bits per heavy atom. The topological polar surface area (TPSA) is 47.6 Å². The smallest absolute Gasteiger partial charge is 0.106 e. The van der Waals surface area contributed by atoms with Crippen LogP contribution in [-0.2, 0) is 4.84 Å². The molecule has 3 nitrogen and oxygen atoms in total. The molecule has 0 aromatic rings. The lowest BCUT2D eigenvalue weighted by Crippen LogP contribution is -2.11. The molecule has 0 radical (unpaired) electrons. The van der Waals surface area contributed by atoms with E-state index in [1.165, 1.54) is 7.11 Å². The molecule has 0 saturated carbocycles. The fourth-order valence-electron chi connectivity index (χ4n) is 0.958. The zero-order valence-electron chi connectivity index (χ0n) is 6.79. The van der Waals surface area contributed by atoms with Crippen molar-refractivity contribution in [2.75, 3.05) is 7.11 Å². The Morgan fingerprint density at radius 3 is 3.00 bits per heavy atom. The molecule has 0 aromatic heterocycles. The molecule has 0 amide bonds. The standard InChI is InChI=1S/C8H12N2O/c1-6-7(9)4-3-5-8(6)10-11-2/h3-4H,5,9H2,1-2H3/b10-8+. The highest BCUT2D eigenvalue weighted by molar-refractivity contribution is 6.02. The van der Waals surface area contributed by atoms with E-state index in [4.69, 9.17) is 5.73 Å². The van der Waals surface area contributed by atoms with Crippen LogP contribution in [0.2, 0.25) is 0 Å². The minimum Gasteiger partial charge on any atom is -0.399 e. The summed E-state index contributed by atoms with van der Waals surface area (Å²) in [5.74, 6) is 0. The van der Waals surface area contributed by atoms with Crippen LogP contribution in [0.15, 0.2) is 28.6 Å². The Hall–Kier alpha value is -1.25. The van der Waals surface area contributed by atoms with Gasteiger partial charge in [-0.3, -0.25) is 0 Å². The number of oxime groups is 1. The maximum Gasteiger partial charge on any atom is 0.106 e. The lowest BCUT2D eigenvalue weighted by molar-refractivity contribution is 0.213. The minimum atomic E-state index is 0.770. The molecule has 3 heteroatoms. The van der Waals surface area contributed by atoms with Gasteiger partial charge in [0.15, 0.2) is 0 Å². The highest BCUT2D eigenvalue weighted by Crippen LogP contribution is 2.12. The van der Waals surface area contributed by atoms with Crippen LogP contribution in [0.3, 0.4) is 0 Å². The first kappa shape index (κ1) is 7.85. The number of allylic oxidation sites excluding steroid dienone is 3. The van der Waals surface area contributed by atoms with Gasteiger partial charge in [-0.15, -0.1) is 0 Å². The first-order valence-electron chi connectivity index (χ1n) is 3.49.